The Labute approximate surface area is 98.5 Å². The Balaban J connectivity index is 2.73. The quantitative estimate of drug-likeness (QED) is 0.645. The minimum absolute atomic E-state index is 0.134. The molecule has 0 aliphatic rings. The fourth-order valence-corrected chi connectivity index (χ4v) is 0.921. The maximum atomic E-state index is 3.13. The zero-order chi connectivity index (χ0) is 12.0. The number of hydrogen-bond acceptors (Lipinski definition) is 1. The topological polar surface area (TPSA) is 3.24 Å². The van der Waals surface area contributed by atoms with Crippen molar-refractivity contribution in [3.8, 4) is 23.7 Å². The molecule has 16 heavy (non-hydrogen) atoms. The highest BCUT2D eigenvalue weighted by molar-refractivity contribution is 5.40. The van der Waals surface area contributed by atoms with E-state index < -0.39 is 0 Å². The lowest BCUT2D eigenvalue weighted by Gasteiger charge is -2.26. The van der Waals surface area contributed by atoms with Crippen LogP contribution in [0.1, 0.15) is 19.4 Å². The SMILES string of the molecule is CN(C)C(C)(C)C#CC#Cc1ccccc1. The van der Waals surface area contributed by atoms with E-state index in [2.05, 4.69) is 42.4 Å². The number of nitrogens with zero attached hydrogens (tertiary/aromatic N) is 1. The second-order valence-corrected chi connectivity index (χ2v) is 4.32. The molecule has 0 radical (unpaired) electrons. The molecule has 0 N–H and O–H groups in total. The zero-order valence-corrected chi connectivity index (χ0v) is 10.3. The molecule has 0 fully saturated rings. The molecule has 0 saturated heterocycles. The minimum Gasteiger partial charge on any atom is -0.294 e. The lowest BCUT2D eigenvalue weighted by atomic mass is 10.1. The molecule has 1 aromatic rings. The summed E-state index contributed by atoms with van der Waals surface area (Å²) in [7, 11) is 4.03. The Morgan fingerprint density at radius 3 is 2.19 bits per heavy atom. The molecule has 0 unspecified atom stereocenters. The van der Waals surface area contributed by atoms with Crippen molar-refractivity contribution < 1.29 is 0 Å². The molecule has 0 saturated carbocycles. The molecular weight excluding hydrogens is 194 g/mol. The van der Waals surface area contributed by atoms with Gasteiger partial charge in [-0.15, -0.1) is 0 Å². The van der Waals surface area contributed by atoms with E-state index >= 15 is 0 Å². The van der Waals surface area contributed by atoms with Gasteiger partial charge < -0.3 is 0 Å². The molecule has 0 aromatic heterocycles. The lowest BCUT2D eigenvalue weighted by Crippen LogP contribution is -2.36. The van der Waals surface area contributed by atoms with Crippen LogP contribution in [0.3, 0.4) is 0 Å². The Kier molecular flexibility index (Phi) is 4.18. The number of rotatable bonds is 1. The van der Waals surface area contributed by atoms with Crippen molar-refractivity contribution in [3.05, 3.63) is 35.9 Å². The molecular formula is C15H17N. The summed E-state index contributed by atoms with van der Waals surface area (Å²) < 4.78 is 0. The summed E-state index contributed by atoms with van der Waals surface area (Å²) in [6.45, 7) is 4.15. The first-order chi connectivity index (χ1) is 7.52. The molecule has 0 bridgehead atoms. The van der Waals surface area contributed by atoms with Crippen LogP contribution in [0.25, 0.3) is 0 Å². The van der Waals surface area contributed by atoms with Crippen LogP contribution < -0.4 is 0 Å². The first kappa shape index (κ1) is 12.4. The van der Waals surface area contributed by atoms with Gasteiger partial charge in [-0.05, 0) is 51.9 Å². The van der Waals surface area contributed by atoms with Crippen molar-refractivity contribution in [2.24, 2.45) is 0 Å². The Bertz CT molecular complexity index is 447. The summed E-state index contributed by atoms with van der Waals surface area (Å²) >= 11 is 0. The van der Waals surface area contributed by atoms with Gasteiger partial charge in [0.05, 0.1) is 5.54 Å². The molecule has 1 rings (SSSR count). The van der Waals surface area contributed by atoms with Crippen LogP contribution in [0.4, 0.5) is 0 Å². The van der Waals surface area contributed by atoms with Crippen LogP contribution in [-0.2, 0) is 0 Å². The van der Waals surface area contributed by atoms with Gasteiger partial charge in [-0.2, -0.15) is 0 Å². The van der Waals surface area contributed by atoms with E-state index in [9.17, 15) is 0 Å². The van der Waals surface area contributed by atoms with Crippen LogP contribution >= 0.6 is 0 Å². The smallest absolute Gasteiger partial charge is 0.0774 e. The van der Waals surface area contributed by atoms with E-state index in [0.717, 1.165) is 5.56 Å². The average Bonchev–Trinajstić information content (AvgIpc) is 2.26. The molecule has 0 heterocycles. The van der Waals surface area contributed by atoms with Crippen molar-refractivity contribution in [2.45, 2.75) is 19.4 Å². The first-order valence-electron chi connectivity index (χ1n) is 5.28. The Hall–Kier alpha value is -1.70. The molecule has 1 heteroatoms. The normalized spacial score (nSPS) is 10.1. The van der Waals surface area contributed by atoms with Crippen molar-refractivity contribution in [3.63, 3.8) is 0 Å². The number of benzene rings is 1. The monoisotopic (exact) mass is 211 g/mol. The van der Waals surface area contributed by atoms with Crippen LogP contribution in [0.15, 0.2) is 30.3 Å². The highest BCUT2D eigenvalue weighted by atomic mass is 15.1. The van der Waals surface area contributed by atoms with Crippen molar-refractivity contribution in [1.29, 1.82) is 0 Å². The molecule has 0 aliphatic carbocycles. The summed E-state index contributed by atoms with van der Waals surface area (Å²) in [6, 6.07) is 9.88. The third kappa shape index (κ3) is 3.81. The van der Waals surface area contributed by atoms with Crippen molar-refractivity contribution in [2.75, 3.05) is 14.1 Å². The van der Waals surface area contributed by atoms with E-state index in [4.69, 9.17) is 0 Å². The van der Waals surface area contributed by atoms with E-state index in [-0.39, 0.29) is 5.54 Å². The summed E-state index contributed by atoms with van der Waals surface area (Å²) in [6.07, 6.45) is 0. The molecule has 1 nitrogen and oxygen atoms in total. The highest BCUT2D eigenvalue weighted by Gasteiger charge is 2.15. The number of hydrogen-bond donors (Lipinski definition) is 0. The molecule has 0 aliphatic heterocycles. The standard InChI is InChI=1S/C15H17N/c1-15(2,16(3)4)13-9-8-12-14-10-6-5-7-11-14/h5-7,10-11H,1-4H3. The predicted molar refractivity (Wildman–Crippen MR) is 68.9 cm³/mol. The first-order valence-corrected chi connectivity index (χ1v) is 5.28. The molecule has 0 amide bonds. The Morgan fingerprint density at radius 1 is 1.00 bits per heavy atom. The van der Waals surface area contributed by atoms with Gasteiger partial charge >= 0.3 is 0 Å². The van der Waals surface area contributed by atoms with Gasteiger partial charge in [0.15, 0.2) is 0 Å². The Morgan fingerprint density at radius 2 is 1.62 bits per heavy atom. The van der Waals surface area contributed by atoms with Crippen molar-refractivity contribution >= 4 is 0 Å². The maximum Gasteiger partial charge on any atom is 0.0774 e. The molecule has 1 aromatic carbocycles. The van der Waals surface area contributed by atoms with E-state index in [0.29, 0.717) is 0 Å². The van der Waals surface area contributed by atoms with Gasteiger partial charge in [0.2, 0.25) is 0 Å². The second kappa shape index (κ2) is 5.40. The van der Waals surface area contributed by atoms with Crippen molar-refractivity contribution in [1.82, 2.24) is 4.90 Å². The second-order valence-electron chi connectivity index (χ2n) is 4.32. The molecule has 0 spiro atoms. The zero-order valence-electron chi connectivity index (χ0n) is 10.3. The maximum absolute atomic E-state index is 3.13. The van der Waals surface area contributed by atoms with Crippen LogP contribution in [0, 0.1) is 23.7 Å². The minimum atomic E-state index is -0.134. The van der Waals surface area contributed by atoms with Crippen LogP contribution in [-0.4, -0.2) is 24.5 Å². The van der Waals surface area contributed by atoms with Gasteiger partial charge in [-0.3, -0.25) is 4.90 Å². The fraction of sp³-hybridized carbons (Fsp3) is 0.333. The van der Waals surface area contributed by atoms with Gasteiger partial charge in [-0.1, -0.05) is 30.0 Å². The summed E-state index contributed by atoms with van der Waals surface area (Å²) in [5.41, 5.74) is 0.866. The van der Waals surface area contributed by atoms with Gasteiger partial charge in [0, 0.05) is 5.56 Å². The van der Waals surface area contributed by atoms with Gasteiger partial charge in [-0.25, -0.2) is 0 Å². The van der Waals surface area contributed by atoms with Crippen LogP contribution in [0.2, 0.25) is 0 Å². The predicted octanol–water partition coefficient (Wildman–Crippen LogP) is 2.38. The fourth-order valence-electron chi connectivity index (χ4n) is 0.921. The van der Waals surface area contributed by atoms with Crippen LogP contribution in [0.5, 0.6) is 0 Å². The summed E-state index contributed by atoms with van der Waals surface area (Å²) in [5.74, 6) is 11.9. The lowest BCUT2D eigenvalue weighted by molar-refractivity contribution is 0.263. The molecule has 0 atom stereocenters. The van der Waals surface area contributed by atoms with E-state index in [1.54, 1.807) is 0 Å². The van der Waals surface area contributed by atoms with E-state index in [1.165, 1.54) is 0 Å². The van der Waals surface area contributed by atoms with E-state index in [1.807, 2.05) is 44.4 Å². The summed E-state index contributed by atoms with van der Waals surface area (Å²) in [5, 5.41) is 0. The van der Waals surface area contributed by atoms with Gasteiger partial charge in [0.25, 0.3) is 0 Å². The summed E-state index contributed by atoms with van der Waals surface area (Å²) in [4.78, 5) is 2.07. The third-order valence-electron chi connectivity index (χ3n) is 2.53. The molecule has 82 valence electrons. The highest BCUT2D eigenvalue weighted by Crippen LogP contribution is 2.06. The average molecular weight is 211 g/mol. The van der Waals surface area contributed by atoms with Gasteiger partial charge in [0.1, 0.15) is 0 Å². The largest absolute Gasteiger partial charge is 0.294 e. The third-order valence-corrected chi connectivity index (χ3v) is 2.53.